The van der Waals surface area contributed by atoms with Crippen LogP contribution < -0.4 is 4.74 Å². The Kier molecular flexibility index (Phi) is 4.65. The zero-order chi connectivity index (χ0) is 14.6. The molecule has 0 bridgehead atoms. The third-order valence-electron chi connectivity index (χ3n) is 4.13. The van der Waals surface area contributed by atoms with Gasteiger partial charge in [-0.15, -0.1) is 0 Å². The second kappa shape index (κ2) is 6.27. The van der Waals surface area contributed by atoms with Crippen LogP contribution in [0.3, 0.4) is 0 Å². The molecule has 2 rings (SSSR count). The predicted octanol–water partition coefficient (Wildman–Crippen LogP) is 2.63. The van der Waals surface area contributed by atoms with E-state index in [9.17, 15) is 15.0 Å². The highest BCUT2D eigenvalue weighted by Gasteiger charge is 2.36. The van der Waals surface area contributed by atoms with Crippen molar-refractivity contribution in [2.24, 2.45) is 5.92 Å². The Morgan fingerprint density at radius 1 is 1.40 bits per heavy atom. The number of carboxylic acids is 1. The van der Waals surface area contributed by atoms with Crippen molar-refractivity contribution in [1.82, 2.24) is 0 Å². The van der Waals surface area contributed by atoms with Gasteiger partial charge in [0.25, 0.3) is 0 Å². The summed E-state index contributed by atoms with van der Waals surface area (Å²) >= 11 is 0. The lowest BCUT2D eigenvalue weighted by Gasteiger charge is -2.26. The molecule has 0 aliphatic heterocycles. The van der Waals surface area contributed by atoms with E-state index in [2.05, 4.69) is 0 Å². The number of carbonyl (C=O) groups is 1. The van der Waals surface area contributed by atoms with Gasteiger partial charge in [0.15, 0.2) is 0 Å². The second-order valence-corrected chi connectivity index (χ2v) is 5.73. The standard InChI is InChI=1S/C16H22O4/c1-20-14-6-4-5-12(10-14)9-13(15(17)18)11-16(19)7-2-3-8-16/h4-6,10,13,19H,2-3,7-9,11H2,1H3,(H,17,18). The van der Waals surface area contributed by atoms with Gasteiger partial charge in [-0.2, -0.15) is 0 Å². The van der Waals surface area contributed by atoms with Crippen molar-refractivity contribution in [2.75, 3.05) is 7.11 Å². The fourth-order valence-electron chi connectivity index (χ4n) is 3.03. The molecule has 1 fully saturated rings. The summed E-state index contributed by atoms with van der Waals surface area (Å²) in [5.41, 5.74) is 0.139. The van der Waals surface area contributed by atoms with Gasteiger partial charge in [0, 0.05) is 0 Å². The van der Waals surface area contributed by atoms with Gasteiger partial charge in [0.05, 0.1) is 18.6 Å². The second-order valence-electron chi connectivity index (χ2n) is 5.73. The van der Waals surface area contributed by atoms with Gasteiger partial charge in [-0.25, -0.2) is 0 Å². The molecule has 1 aromatic rings. The summed E-state index contributed by atoms with van der Waals surface area (Å²) < 4.78 is 5.15. The van der Waals surface area contributed by atoms with Crippen LogP contribution in [-0.4, -0.2) is 28.9 Å². The summed E-state index contributed by atoms with van der Waals surface area (Å²) in [6, 6.07) is 7.45. The molecule has 0 saturated heterocycles. The quantitative estimate of drug-likeness (QED) is 0.839. The van der Waals surface area contributed by atoms with Gasteiger partial charge in [-0.05, 0) is 43.4 Å². The molecule has 1 aromatic carbocycles. The van der Waals surface area contributed by atoms with Crippen LogP contribution in [0.1, 0.15) is 37.7 Å². The van der Waals surface area contributed by atoms with Gasteiger partial charge in [0.1, 0.15) is 5.75 Å². The number of ether oxygens (including phenoxy) is 1. The summed E-state index contributed by atoms with van der Waals surface area (Å²) in [6.45, 7) is 0. The largest absolute Gasteiger partial charge is 0.497 e. The average molecular weight is 278 g/mol. The molecule has 1 unspecified atom stereocenters. The van der Waals surface area contributed by atoms with E-state index in [-0.39, 0.29) is 0 Å². The van der Waals surface area contributed by atoms with Crippen LogP contribution >= 0.6 is 0 Å². The minimum Gasteiger partial charge on any atom is -0.497 e. The van der Waals surface area contributed by atoms with E-state index in [0.717, 1.165) is 37.0 Å². The van der Waals surface area contributed by atoms with Crippen molar-refractivity contribution in [2.45, 2.75) is 44.1 Å². The minimum absolute atomic E-state index is 0.333. The number of hydrogen-bond acceptors (Lipinski definition) is 3. The van der Waals surface area contributed by atoms with Crippen molar-refractivity contribution in [1.29, 1.82) is 0 Å². The summed E-state index contributed by atoms with van der Waals surface area (Å²) in [5, 5.41) is 19.8. The average Bonchev–Trinajstić information content (AvgIpc) is 2.85. The Hall–Kier alpha value is -1.55. The Morgan fingerprint density at radius 2 is 2.10 bits per heavy atom. The molecule has 2 N–H and O–H groups in total. The van der Waals surface area contributed by atoms with Crippen LogP contribution in [0.2, 0.25) is 0 Å². The van der Waals surface area contributed by atoms with Gasteiger partial charge in [-0.3, -0.25) is 4.79 Å². The molecule has 20 heavy (non-hydrogen) atoms. The van der Waals surface area contributed by atoms with Gasteiger partial charge in [0.2, 0.25) is 0 Å². The maximum atomic E-state index is 11.4. The van der Waals surface area contributed by atoms with Crippen molar-refractivity contribution >= 4 is 5.97 Å². The van der Waals surface area contributed by atoms with Crippen LogP contribution in [0.4, 0.5) is 0 Å². The molecule has 110 valence electrons. The number of aliphatic carboxylic acids is 1. The Labute approximate surface area is 119 Å². The van der Waals surface area contributed by atoms with Crippen molar-refractivity contribution < 1.29 is 19.7 Å². The highest BCUT2D eigenvalue weighted by molar-refractivity contribution is 5.70. The van der Waals surface area contributed by atoms with E-state index < -0.39 is 17.5 Å². The molecule has 0 radical (unpaired) electrons. The summed E-state index contributed by atoms with van der Waals surface area (Å²) in [7, 11) is 1.59. The lowest BCUT2D eigenvalue weighted by molar-refractivity contribution is -0.144. The normalized spacial score (nSPS) is 18.7. The third-order valence-corrected chi connectivity index (χ3v) is 4.13. The van der Waals surface area contributed by atoms with Crippen molar-refractivity contribution in [3.05, 3.63) is 29.8 Å². The molecule has 1 aliphatic carbocycles. The van der Waals surface area contributed by atoms with E-state index in [1.54, 1.807) is 7.11 Å². The van der Waals surface area contributed by atoms with Gasteiger partial charge >= 0.3 is 5.97 Å². The topological polar surface area (TPSA) is 66.8 Å². The lowest BCUT2D eigenvalue weighted by Crippen LogP contribution is -2.32. The molecule has 4 heteroatoms. The van der Waals surface area contributed by atoms with Crippen LogP contribution in [-0.2, 0) is 11.2 Å². The molecule has 1 atom stereocenters. The first kappa shape index (κ1) is 14.9. The molecule has 0 aromatic heterocycles. The first-order chi connectivity index (χ1) is 9.52. The van der Waals surface area contributed by atoms with Gasteiger partial charge < -0.3 is 14.9 Å². The lowest BCUT2D eigenvalue weighted by atomic mass is 9.85. The summed E-state index contributed by atoms with van der Waals surface area (Å²) in [4.78, 5) is 11.4. The minimum atomic E-state index is -0.840. The Bertz CT molecular complexity index is 463. The molecule has 0 heterocycles. The summed E-state index contributed by atoms with van der Waals surface area (Å²) in [5.74, 6) is -0.662. The zero-order valence-corrected chi connectivity index (χ0v) is 11.8. The zero-order valence-electron chi connectivity index (χ0n) is 11.8. The fraction of sp³-hybridized carbons (Fsp3) is 0.562. The summed E-state index contributed by atoms with van der Waals surface area (Å²) in [6.07, 6.45) is 4.17. The molecule has 4 nitrogen and oxygen atoms in total. The van der Waals surface area contributed by atoms with Gasteiger partial charge in [-0.1, -0.05) is 25.0 Å². The molecule has 1 aliphatic rings. The maximum Gasteiger partial charge on any atom is 0.306 e. The van der Waals surface area contributed by atoms with Crippen molar-refractivity contribution in [3.63, 3.8) is 0 Å². The first-order valence-corrected chi connectivity index (χ1v) is 7.10. The van der Waals surface area contributed by atoms with E-state index in [1.165, 1.54) is 0 Å². The highest BCUT2D eigenvalue weighted by atomic mass is 16.5. The number of hydrogen-bond donors (Lipinski definition) is 2. The highest BCUT2D eigenvalue weighted by Crippen LogP contribution is 2.35. The third kappa shape index (κ3) is 3.73. The molecular formula is C16H22O4. The Balaban J connectivity index is 2.07. The van der Waals surface area contributed by atoms with E-state index in [0.29, 0.717) is 12.8 Å². The van der Waals surface area contributed by atoms with E-state index in [1.807, 2.05) is 24.3 Å². The number of rotatable bonds is 6. The molecule has 1 saturated carbocycles. The SMILES string of the molecule is COc1cccc(CC(CC2(O)CCCC2)C(=O)O)c1. The number of aliphatic hydroxyl groups is 1. The fourth-order valence-corrected chi connectivity index (χ4v) is 3.03. The maximum absolute atomic E-state index is 11.4. The van der Waals surface area contributed by atoms with Crippen LogP contribution in [0, 0.1) is 5.92 Å². The van der Waals surface area contributed by atoms with Crippen LogP contribution in [0.5, 0.6) is 5.75 Å². The van der Waals surface area contributed by atoms with E-state index >= 15 is 0 Å². The van der Waals surface area contributed by atoms with Crippen LogP contribution in [0.25, 0.3) is 0 Å². The monoisotopic (exact) mass is 278 g/mol. The molecule has 0 amide bonds. The smallest absolute Gasteiger partial charge is 0.306 e. The molecular weight excluding hydrogens is 256 g/mol. The van der Waals surface area contributed by atoms with Crippen LogP contribution in [0.15, 0.2) is 24.3 Å². The van der Waals surface area contributed by atoms with E-state index in [4.69, 9.17) is 4.74 Å². The number of carboxylic acid groups (broad SMARTS) is 1. The Morgan fingerprint density at radius 3 is 2.70 bits per heavy atom. The number of benzene rings is 1. The number of methoxy groups -OCH3 is 1. The van der Waals surface area contributed by atoms with Crippen molar-refractivity contribution in [3.8, 4) is 5.75 Å². The first-order valence-electron chi connectivity index (χ1n) is 7.10. The molecule has 0 spiro atoms. The predicted molar refractivity (Wildman–Crippen MR) is 75.9 cm³/mol.